The highest BCUT2D eigenvalue weighted by Gasteiger charge is 2.17. The second kappa shape index (κ2) is 10.4. The summed E-state index contributed by atoms with van der Waals surface area (Å²) >= 11 is 0. The van der Waals surface area contributed by atoms with Gasteiger partial charge in [-0.3, -0.25) is 4.79 Å². The highest BCUT2D eigenvalue weighted by molar-refractivity contribution is 7.87. The average molecular weight is 370 g/mol. The smallest absolute Gasteiger partial charge is 0.308 e. The molecule has 0 heterocycles. The minimum absolute atomic E-state index is 0.0671. The van der Waals surface area contributed by atoms with E-state index in [2.05, 4.69) is 6.92 Å². The maximum absolute atomic E-state index is 12.5. The first-order valence-corrected chi connectivity index (χ1v) is 10.7. The Balaban J connectivity index is 2.67. The summed E-state index contributed by atoms with van der Waals surface area (Å²) in [4.78, 5) is 14.3. The lowest BCUT2D eigenvalue weighted by atomic mass is 10.1. The lowest BCUT2D eigenvalue weighted by molar-refractivity contribution is -0.133. The lowest BCUT2D eigenvalue weighted by Crippen LogP contribution is -2.36. The van der Waals surface area contributed by atoms with Crippen LogP contribution in [0.3, 0.4) is 0 Å². The molecule has 0 bridgehead atoms. The van der Waals surface area contributed by atoms with E-state index < -0.39 is 10.1 Å². The summed E-state index contributed by atoms with van der Waals surface area (Å²) in [5.74, 6) is 0.398. The molecule has 0 spiro atoms. The highest BCUT2D eigenvalue weighted by atomic mass is 32.2. The van der Waals surface area contributed by atoms with E-state index in [0.29, 0.717) is 18.7 Å². The molecule has 0 saturated carbocycles. The number of benzene rings is 1. The number of nitrogens with zero attached hydrogens (tertiary/aromatic N) is 1. The van der Waals surface area contributed by atoms with E-state index >= 15 is 0 Å². The molecule has 1 aromatic rings. The Bertz CT molecular complexity index is 623. The van der Waals surface area contributed by atoms with E-state index in [-0.39, 0.29) is 17.7 Å². The molecule has 0 radical (unpaired) electrons. The van der Waals surface area contributed by atoms with Gasteiger partial charge >= 0.3 is 10.1 Å². The minimum atomic E-state index is -3.51. The molecule has 0 aliphatic heterocycles. The van der Waals surface area contributed by atoms with Crippen molar-refractivity contribution in [3.8, 4) is 5.75 Å². The van der Waals surface area contributed by atoms with Crippen molar-refractivity contribution in [3.63, 3.8) is 0 Å². The third kappa shape index (κ3) is 7.90. The predicted octanol–water partition coefficient (Wildman–Crippen LogP) is 4.12. The van der Waals surface area contributed by atoms with E-state index in [1.807, 2.05) is 18.7 Å². The number of rotatable bonds is 11. The molecule has 1 aromatic carbocycles. The predicted molar refractivity (Wildman–Crippen MR) is 101 cm³/mol. The number of carbonyl (C=O) groups excluding carboxylic acids is 1. The fourth-order valence-corrected chi connectivity index (χ4v) is 2.98. The molecule has 0 atom stereocenters. The van der Waals surface area contributed by atoms with Gasteiger partial charge in [-0.1, -0.05) is 38.3 Å². The molecule has 25 heavy (non-hydrogen) atoms. The fourth-order valence-electron chi connectivity index (χ4n) is 2.46. The maximum atomic E-state index is 12.5. The van der Waals surface area contributed by atoms with Gasteiger partial charge in [0.15, 0.2) is 0 Å². The van der Waals surface area contributed by atoms with Gasteiger partial charge in [0, 0.05) is 19.0 Å². The van der Waals surface area contributed by atoms with Crippen molar-refractivity contribution in [3.05, 3.63) is 29.8 Å². The molecular formula is C19H31NO4S. The summed E-state index contributed by atoms with van der Waals surface area (Å²) in [5.41, 5.74) is 0.955. The first-order chi connectivity index (χ1) is 11.8. The lowest BCUT2D eigenvalue weighted by Gasteiger charge is -2.27. The number of unbranched alkanes of at least 4 members (excludes halogenated alkanes) is 3. The first kappa shape index (κ1) is 21.5. The van der Waals surface area contributed by atoms with Gasteiger partial charge in [0.05, 0.1) is 5.75 Å². The molecule has 0 N–H and O–H groups in total. The van der Waals surface area contributed by atoms with E-state index in [0.717, 1.165) is 31.2 Å². The van der Waals surface area contributed by atoms with Crippen molar-refractivity contribution in [2.75, 3.05) is 5.75 Å². The topological polar surface area (TPSA) is 63.7 Å². The molecule has 1 amide bonds. The van der Waals surface area contributed by atoms with Crippen LogP contribution >= 0.6 is 0 Å². The molecule has 142 valence electrons. The quantitative estimate of drug-likeness (QED) is 0.435. The van der Waals surface area contributed by atoms with Crippen LogP contribution in [0.15, 0.2) is 24.3 Å². The van der Waals surface area contributed by atoms with Gasteiger partial charge in [0.25, 0.3) is 0 Å². The molecule has 5 nitrogen and oxygen atoms in total. The number of amides is 1. The van der Waals surface area contributed by atoms with Crippen LogP contribution < -0.4 is 4.18 Å². The summed E-state index contributed by atoms with van der Waals surface area (Å²) in [7, 11) is -3.51. The van der Waals surface area contributed by atoms with Gasteiger partial charge < -0.3 is 9.08 Å². The summed E-state index contributed by atoms with van der Waals surface area (Å²) in [6.07, 6.45) is 4.92. The second-order valence-electron chi connectivity index (χ2n) is 6.50. The summed E-state index contributed by atoms with van der Waals surface area (Å²) < 4.78 is 27.9. The van der Waals surface area contributed by atoms with Crippen molar-refractivity contribution in [1.82, 2.24) is 4.90 Å². The third-order valence-corrected chi connectivity index (χ3v) is 5.19. The number of hydrogen-bond acceptors (Lipinski definition) is 4. The molecule has 0 aliphatic rings. The molecule has 0 aliphatic carbocycles. The van der Waals surface area contributed by atoms with Crippen LogP contribution in [0.4, 0.5) is 0 Å². The summed E-state index contributed by atoms with van der Waals surface area (Å²) in [5, 5.41) is 0. The standard InChI is InChI=1S/C19H31NO4S/c1-5-7-8-9-10-19(21)20(16(3)4)15-17-11-13-18(14-12-17)24-25(22,23)6-2/h11-14,16H,5-10,15H2,1-4H3. The molecule has 1 rings (SSSR count). The van der Waals surface area contributed by atoms with E-state index in [1.165, 1.54) is 6.92 Å². The van der Waals surface area contributed by atoms with E-state index in [9.17, 15) is 13.2 Å². The Hall–Kier alpha value is -1.56. The van der Waals surface area contributed by atoms with Crippen LogP contribution in [0.25, 0.3) is 0 Å². The molecule has 0 saturated heterocycles. The van der Waals surface area contributed by atoms with Crippen LogP contribution in [-0.4, -0.2) is 31.0 Å². The Kier molecular flexibility index (Phi) is 8.97. The Labute approximate surface area is 152 Å². The zero-order chi connectivity index (χ0) is 18.9. The van der Waals surface area contributed by atoms with Gasteiger partial charge in [-0.25, -0.2) is 0 Å². The van der Waals surface area contributed by atoms with Gasteiger partial charge in [0.2, 0.25) is 5.91 Å². The molecule has 0 fully saturated rings. The number of carbonyl (C=O) groups is 1. The maximum Gasteiger partial charge on any atom is 0.308 e. The average Bonchev–Trinajstić information content (AvgIpc) is 2.57. The zero-order valence-electron chi connectivity index (χ0n) is 15.8. The highest BCUT2D eigenvalue weighted by Crippen LogP contribution is 2.18. The zero-order valence-corrected chi connectivity index (χ0v) is 16.6. The fraction of sp³-hybridized carbons (Fsp3) is 0.632. The Morgan fingerprint density at radius 2 is 1.72 bits per heavy atom. The van der Waals surface area contributed by atoms with E-state index in [1.54, 1.807) is 24.3 Å². The van der Waals surface area contributed by atoms with Gasteiger partial charge in [0.1, 0.15) is 5.75 Å². The van der Waals surface area contributed by atoms with Crippen LogP contribution in [0, 0.1) is 0 Å². The van der Waals surface area contributed by atoms with Gasteiger partial charge in [-0.15, -0.1) is 0 Å². The second-order valence-corrected chi connectivity index (χ2v) is 8.36. The van der Waals surface area contributed by atoms with Crippen LogP contribution in [0.5, 0.6) is 5.75 Å². The van der Waals surface area contributed by atoms with Gasteiger partial charge in [-0.05, 0) is 44.9 Å². The van der Waals surface area contributed by atoms with Crippen LogP contribution in [0.1, 0.15) is 65.4 Å². The SMILES string of the molecule is CCCCCCC(=O)N(Cc1ccc(OS(=O)(=O)CC)cc1)C(C)C. The van der Waals surface area contributed by atoms with Crippen molar-refractivity contribution in [2.24, 2.45) is 0 Å². The largest absolute Gasteiger partial charge is 0.382 e. The number of hydrogen-bond donors (Lipinski definition) is 0. The first-order valence-electron chi connectivity index (χ1n) is 9.09. The normalized spacial score (nSPS) is 11.6. The third-order valence-electron chi connectivity index (χ3n) is 4.04. The van der Waals surface area contributed by atoms with Crippen LogP contribution in [0.2, 0.25) is 0 Å². The summed E-state index contributed by atoms with van der Waals surface area (Å²) in [6, 6.07) is 7.00. The molecule has 6 heteroatoms. The van der Waals surface area contributed by atoms with Crippen LogP contribution in [-0.2, 0) is 21.5 Å². The monoisotopic (exact) mass is 369 g/mol. The minimum Gasteiger partial charge on any atom is -0.382 e. The van der Waals surface area contributed by atoms with Crippen molar-refractivity contribution in [1.29, 1.82) is 0 Å². The molecule has 0 aromatic heterocycles. The van der Waals surface area contributed by atoms with Crippen molar-refractivity contribution >= 4 is 16.0 Å². The Morgan fingerprint density at radius 3 is 2.24 bits per heavy atom. The summed E-state index contributed by atoms with van der Waals surface area (Å²) in [6.45, 7) is 8.23. The van der Waals surface area contributed by atoms with Gasteiger partial charge in [-0.2, -0.15) is 8.42 Å². The molecule has 0 unspecified atom stereocenters. The van der Waals surface area contributed by atoms with E-state index in [4.69, 9.17) is 4.18 Å². The Morgan fingerprint density at radius 1 is 1.08 bits per heavy atom. The van der Waals surface area contributed by atoms with Crippen molar-refractivity contribution in [2.45, 2.75) is 72.4 Å². The van der Waals surface area contributed by atoms with Crippen molar-refractivity contribution < 1.29 is 17.4 Å². The molecular weight excluding hydrogens is 338 g/mol.